The van der Waals surface area contributed by atoms with Crippen molar-refractivity contribution >= 4 is 11.9 Å². The molecule has 110 valence electrons. The van der Waals surface area contributed by atoms with E-state index in [9.17, 15) is 9.59 Å². The molecule has 0 bridgehead atoms. The van der Waals surface area contributed by atoms with Crippen LogP contribution in [-0.4, -0.2) is 25.0 Å². The molecule has 0 aromatic heterocycles. The highest BCUT2D eigenvalue weighted by molar-refractivity contribution is 5.81. The molecular weight excluding hydrogens is 254 g/mol. The molecule has 0 saturated heterocycles. The van der Waals surface area contributed by atoms with Gasteiger partial charge < -0.3 is 10.1 Å². The van der Waals surface area contributed by atoms with E-state index >= 15 is 0 Å². The predicted molar refractivity (Wildman–Crippen MR) is 78.4 cm³/mol. The maximum absolute atomic E-state index is 11.6. The third-order valence-electron chi connectivity index (χ3n) is 3.13. The lowest BCUT2D eigenvalue weighted by Gasteiger charge is -2.12. The summed E-state index contributed by atoms with van der Waals surface area (Å²) < 4.78 is 4.77. The number of esters is 1. The molecule has 1 unspecified atom stereocenters. The Morgan fingerprint density at radius 2 is 1.90 bits per heavy atom. The standard InChI is InChI=1S/C16H23NO3/c1-3-20-16(19)10-9-15(18)17-12-11-13(2)14-7-5-4-6-8-14/h4-8,13H,3,9-12H2,1-2H3,(H,17,18). The van der Waals surface area contributed by atoms with Gasteiger partial charge in [0.25, 0.3) is 0 Å². The van der Waals surface area contributed by atoms with Crippen LogP contribution in [0.5, 0.6) is 0 Å². The minimum atomic E-state index is -0.319. The van der Waals surface area contributed by atoms with Gasteiger partial charge in [0.1, 0.15) is 0 Å². The van der Waals surface area contributed by atoms with Crippen molar-refractivity contribution in [1.29, 1.82) is 0 Å². The van der Waals surface area contributed by atoms with Crippen LogP contribution in [0.4, 0.5) is 0 Å². The van der Waals surface area contributed by atoms with Crippen LogP contribution in [0.1, 0.15) is 44.6 Å². The molecule has 0 saturated carbocycles. The van der Waals surface area contributed by atoms with Gasteiger partial charge in [-0.05, 0) is 24.8 Å². The predicted octanol–water partition coefficient (Wildman–Crippen LogP) is 2.64. The van der Waals surface area contributed by atoms with E-state index in [2.05, 4.69) is 24.4 Å². The van der Waals surface area contributed by atoms with Crippen molar-refractivity contribution < 1.29 is 14.3 Å². The smallest absolute Gasteiger partial charge is 0.306 e. The molecule has 0 spiro atoms. The van der Waals surface area contributed by atoms with Crippen molar-refractivity contribution in [3.8, 4) is 0 Å². The molecule has 0 fully saturated rings. The van der Waals surface area contributed by atoms with Crippen LogP contribution in [0.3, 0.4) is 0 Å². The molecule has 20 heavy (non-hydrogen) atoms. The molecule has 0 aliphatic carbocycles. The molecule has 1 aromatic carbocycles. The van der Waals surface area contributed by atoms with Gasteiger partial charge in [-0.1, -0.05) is 37.3 Å². The van der Waals surface area contributed by atoms with Gasteiger partial charge in [-0.3, -0.25) is 9.59 Å². The first kappa shape index (κ1) is 16.2. The topological polar surface area (TPSA) is 55.4 Å². The van der Waals surface area contributed by atoms with E-state index in [1.54, 1.807) is 6.92 Å². The summed E-state index contributed by atoms with van der Waals surface area (Å²) in [6, 6.07) is 10.2. The Labute approximate surface area is 120 Å². The maximum Gasteiger partial charge on any atom is 0.306 e. The van der Waals surface area contributed by atoms with Crippen LogP contribution < -0.4 is 5.32 Å². The Morgan fingerprint density at radius 1 is 1.20 bits per heavy atom. The molecule has 0 aliphatic heterocycles. The van der Waals surface area contributed by atoms with Crippen molar-refractivity contribution in [2.45, 2.75) is 39.0 Å². The summed E-state index contributed by atoms with van der Waals surface area (Å²) in [4.78, 5) is 22.7. The largest absolute Gasteiger partial charge is 0.466 e. The first-order valence-electron chi connectivity index (χ1n) is 7.10. The number of rotatable bonds is 8. The fourth-order valence-corrected chi connectivity index (χ4v) is 1.91. The van der Waals surface area contributed by atoms with Gasteiger partial charge in [-0.15, -0.1) is 0 Å². The number of nitrogens with one attached hydrogen (secondary N) is 1. The number of hydrogen-bond donors (Lipinski definition) is 1. The van der Waals surface area contributed by atoms with E-state index < -0.39 is 0 Å². The zero-order valence-electron chi connectivity index (χ0n) is 12.2. The van der Waals surface area contributed by atoms with Crippen LogP contribution in [0, 0.1) is 0 Å². The van der Waals surface area contributed by atoms with Gasteiger partial charge in [0.15, 0.2) is 0 Å². The number of benzene rings is 1. The lowest BCUT2D eigenvalue weighted by Crippen LogP contribution is -2.26. The average molecular weight is 277 g/mol. The van der Waals surface area contributed by atoms with Crippen LogP contribution >= 0.6 is 0 Å². The molecule has 1 aromatic rings. The number of carbonyl (C=O) groups is 2. The molecule has 0 heterocycles. The number of ether oxygens (including phenoxy) is 1. The lowest BCUT2D eigenvalue weighted by atomic mass is 9.98. The molecule has 1 amide bonds. The molecule has 4 nitrogen and oxygen atoms in total. The van der Waals surface area contributed by atoms with E-state index in [0.29, 0.717) is 19.1 Å². The fraction of sp³-hybridized carbons (Fsp3) is 0.500. The first-order valence-corrected chi connectivity index (χ1v) is 7.10. The summed E-state index contributed by atoms with van der Waals surface area (Å²) in [6.45, 7) is 4.87. The van der Waals surface area contributed by atoms with Crippen LogP contribution in [0.15, 0.2) is 30.3 Å². The van der Waals surface area contributed by atoms with Gasteiger partial charge in [-0.25, -0.2) is 0 Å². The van der Waals surface area contributed by atoms with Crippen molar-refractivity contribution in [2.75, 3.05) is 13.2 Å². The zero-order valence-corrected chi connectivity index (χ0v) is 12.2. The Bertz CT molecular complexity index is 417. The zero-order chi connectivity index (χ0) is 14.8. The second-order valence-corrected chi connectivity index (χ2v) is 4.76. The Hall–Kier alpha value is -1.84. The lowest BCUT2D eigenvalue weighted by molar-refractivity contribution is -0.144. The van der Waals surface area contributed by atoms with Crippen LogP contribution in [0.2, 0.25) is 0 Å². The number of carbonyl (C=O) groups excluding carboxylic acids is 2. The van der Waals surface area contributed by atoms with E-state index in [1.807, 2.05) is 18.2 Å². The molecule has 1 atom stereocenters. The van der Waals surface area contributed by atoms with Gasteiger partial charge >= 0.3 is 5.97 Å². The normalized spacial score (nSPS) is 11.7. The minimum Gasteiger partial charge on any atom is -0.466 e. The van der Waals surface area contributed by atoms with E-state index in [1.165, 1.54) is 5.56 Å². The van der Waals surface area contributed by atoms with Crippen LogP contribution in [0.25, 0.3) is 0 Å². The van der Waals surface area contributed by atoms with Crippen LogP contribution in [-0.2, 0) is 14.3 Å². The summed E-state index contributed by atoms with van der Waals surface area (Å²) in [5.41, 5.74) is 1.27. The third kappa shape index (κ3) is 6.36. The second-order valence-electron chi connectivity index (χ2n) is 4.76. The van der Waals surface area contributed by atoms with Gasteiger partial charge in [0.05, 0.1) is 13.0 Å². The highest BCUT2D eigenvalue weighted by Crippen LogP contribution is 2.17. The summed E-state index contributed by atoms with van der Waals surface area (Å²) in [5, 5.41) is 2.83. The first-order chi connectivity index (χ1) is 9.63. The molecule has 1 N–H and O–H groups in total. The summed E-state index contributed by atoms with van der Waals surface area (Å²) in [6.07, 6.45) is 1.22. The molecule has 0 aliphatic rings. The monoisotopic (exact) mass is 277 g/mol. The molecule has 0 radical (unpaired) electrons. The third-order valence-corrected chi connectivity index (χ3v) is 3.13. The Balaban J connectivity index is 2.17. The number of amides is 1. The van der Waals surface area contributed by atoms with Gasteiger partial charge in [-0.2, -0.15) is 0 Å². The number of hydrogen-bond acceptors (Lipinski definition) is 3. The van der Waals surface area contributed by atoms with E-state index in [-0.39, 0.29) is 24.7 Å². The van der Waals surface area contributed by atoms with Crippen molar-refractivity contribution in [3.63, 3.8) is 0 Å². The van der Waals surface area contributed by atoms with Crippen molar-refractivity contribution in [3.05, 3.63) is 35.9 Å². The summed E-state index contributed by atoms with van der Waals surface area (Å²) in [5.74, 6) is -0.0137. The highest BCUT2D eigenvalue weighted by Gasteiger charge is 2.08. The molecule has 1 rings (SSSR count). The SMILES string of the molecule is CCOC(=O)CCC(=O)NCCC(C)c1ccccc1. The Kier molecular flexibility index (Phi) is 7.40. The molecular formula is C16H23NO3. The Morgan fingerprint density at radius 3 is 2.55 bits per heavy atom. The van der Waals surface area contributed by atoms with E-state index in [0.717, 1.165) is 6.42 Å². The quantitative estimate of drug-likeness (QED) is 0.743. The van der Waals surface area contributed by atoms with Gasteiger partial charge in [0.2, 0.25) is 5.91 Å². The maximum atomic E-state index is 11.6. The second kappa shape index (κ2) is 9.13. The summed E-state index contributed by atoms with van der Waals surface area (Å²) in [7, 11) is 0. The van der Waals surface area contributed by atoms with Crippen molar-refractivity contribution in [1.82, 2.24) is 5.32 Å². The molecule has 4 heteroatoms. The highest BCUT2D eigenvalue weighted by atomic mass is 16.5. The van der Waals surface area contributed by atoms with E-state index in [4.69, 9.17) is 4.74 Å². The van der Waals surface area contributed by atoms with Crippen molar-refractivity contribution in [2.24, 2.45) is 0 Å². The summed E-state index contributed by atoms with van der Waals surface area (Å²) >= 11 is 0. The fourth-order valence-electron chi connectivity index (χ4n) is 1.91. The van der Waals surface area contributed by atoms with Gasteiger partial charge in [0, 0.05) is 13.0 Å². The average Bonchev–Trinajstić information content (AvgIpc) is 2.46. The minimum absolute atomic E-state index is 0.0988.